The molecule has 2 atom stereocenters. The Bertz CT molecular complexity index is 1060. The number of hydrogen-bond acceptors (Lipinski definition) is 4. The van der Waals surface area contributed by atoms with Gasteiger partial charge in [0.2, 0.25) is 0 Å². The van der Waals surface area contributed by atoms with Crippen LogP contribution in [0.1, 0.15) is 25.6 Å². The number of carbonyl (C=O) groups is 1. The van der Waals surface area contributed by atoms with E-state index in [1.807, 2.05) is 0 Å². The van der Waals surface area contributed by atoms with Crippen LogP contribution in [0, 0.1) is 12.5 Å². The first-order chi connectivity index (χ1) is 14.6. The molecule has 1 aliphatic rings. The minimum atomic E-state index is -3.05. The van der Waals surface area contributed by atoms with Gasteiger partial charge in [-0.05, 0) is 18.4 Å². The Balaban J connectivity index is 2.20. The fourth-order valence-electron chi connectivity index (χ4n) is 2.53. The van der Waals surface area contributed by atoms with E-state index < -0.39 is 44.7 Å². The second-order valence-corrected chi connectivity index (χ2v) is 5.06. The van der Waals surface area contributed by atoms with Gasteiger partial charge in [0.05, 0.1) is 12.8 Å². The van der Waals surface area contributed by atoms with Gasteiger partial charge in [-0.1, -0.05) is 6.85 Å². The maximum atomic E-state index is 12.6. The average Bonchev–Trinajstić information content (AvgIpc) is 3.14. The number of likely N-dealkylation sites (tertiary alicyclic amines) is 1. The second kappa shape index (κ2) is 6.24. The van der Waals surface area contributed by atoms with Crippen LogP contribution in [0.3, 0.4) is 0 Å². The number of rotatable bonds is 3. The van der Waals surface area contributed by atoms with Crippen LogP contribution in [0.15, 0.2) is 18.6 Å². The Hall–Kier alpha value is -2.62. The Morgan fingerprint density at radius 2 is 2.65 bits per heavy atom. The normalized spacial score (nSPS) is 31.9. The maximum Gasteiger partial charge on any atom is 0.302 e. The van der Waals surface area contributed by atoms with Gasteiger partial charge in [-0.3, -0.25) is 4.79 Å². The lowest BCUT2D eigenvalue weighted by molar-refractivity contribution is -0.130. The highest BCUT2D eigenvalue weighted by atomic mass is 16.2. The fourth-order valence-corrected chi connectivity index (χ4v) is 2.53. The van der Waals surface area contributed by atoms with E-state index in [1.54, 1.807) is 0 Å². The first kappa shape index (κ1) is 7.77. The van der Waals surface area contributed by atoms with Crippen LogP contribution in [0.5, 0.6) is 0 Å². The molecule has 1 fully saturated rings. The molecule has 120 valence electrons. The summed E-state index contributed by atoms with van der Waals surface area (Å²) in [6.07, 6.45) is 2.26. The molecule has 1 aliphatic heterocycles. The fraction of sp³-hybridized carbons (Fsp3) is 0.500. The van der Waals surface area contributed by atoms with E-state index in [1.165, 1.54) is 12.3 Å². The molecule has 2 aromatic heterocycles. The van der Waals surface area contributed by atoms with E-state index in [4.69, 9.17) is 18.9 Å². The first-order valence-corrected chi connectivity index (χ1v) is 6.89. The highest BCUT2D eigenvalue weighted by Crippen LogP contribution is 2.28. The van der Waals surface area contributed by atoms with E-state index in [0.717, 1.165) is 11.2 Å². The number of aromatic nitrogens is 3. The first-order valence-electron chi connectivity index (χ1n) is 11.4. The molecule has 0 bridgehead atoms. The second-order valence-electron chi connectivity index (χ2n) is 5.06. The van der Waals surface area contributed by atoms with Crippen molar-refractivity contribution in [2.24, 2.45) is 5.92 Å². The quantitative estimate of drug-likeness (QED) is 0.871. The minimum absolute atomic E-state index is 0.219. The number of amides is 1. The summed E-state index contributed by atoms with van der Waals surface area (Å²) in [4.78, 5) is 27.5. The van der Waals surface area contributed by atoms with Crippen molar-refractivity contribution in [1.82, 2.24) is 19.9 Å². The van der Waals surface area contributed by atoms with Gasteiger partial charge in [0.25, 0.3) is 6.50 Å². The largest absolute Gasteiger partial charge is 0.354 e. The number of carbonyl (C=O) groups excluding carboxylic acids is 1. The molecular weight excluding hydrogens is 292 g/mol. The molecule has 0 radical (unpaired) electrons. The summed E-state index contributed by atoms with van der Waals surface area (Å²) in [6.45, 7) is -2.80. The monoisotopic (exact) mass is 321 g/mol. The van der Waals surface area contributed by atoms with Gasteiger partial charge in [-0.15, -0.1) is 0 Å². The number of nitrogens with zero attached hydrogens (tertiary/aromatic N) is 5. The van der Waals surface area contributed by atoms with Crippen LogP contribution in [0.4, 0.5) is 5.82 Å². The van der Waals surface area contributed by atoms with Crippen LogP contribution in [-0.2, 0) is 4.79 Å². The zero-order valence-electron chi connectivity index (χ0n) is 21.1. The molecule has 0 spiro atoms. The highest BCUT2D eigenvalue weighted by Gasteiger charge is 2.33. The molecule has 2 aromatic rings. The van der Waals surface area contributed by atoms with Gasteiger partial charge in [-0.25, -0.2) is 16.5 Å². The van der Waals surface area contributed by atoms with Crippen molar-refractivity contribution in [3.05, 3.63) is 30.0 Å². The van der Waals surface area contributed by atoms with Crippen molar-refractivity contribution in [2.45, 2.75) is 19.3 Å². The maximum absolute atomic E-state index is 12.6. The topological polar surface area (TPSA) is 69.5 Å². The number of aromatic amines is 1. The van der Waals surface area contributed by atoms with Crippen LogP contribution < -0.4 is 4.90 Å². The van der Waals surface area contributed by atoms with E-state index in [9.17, 15) is 4.79 Å². The number of nitrogens with one attached hydrogen (secondary N) is 1. The number of piperidine rings is 1. The predicted octanol–water partition coefficient (Wildman–Crippen LogP) is 1.55. The molecule has 3 rings (SSSR count). The molecule has 7 heteroatoms. The molecule has 0 aliphatic carbocycles. The molecule has 1 saturated heterocycles. The lowest BCUT2D eigenvalue weighted by Gasteiger charge is -2.41. The molecule has 1 amide bonds. The van der Waals surface area contributed by atoms with Crippen LogP contribution in [0.2, 0.25) is 0 Å². The van der Waals surface area contributed by atoms with E-state index in [-0.39, 0.29) is 29.8 Å². The molecule has 0 saturated carbocycles. The lowest BCUT2D eigenvalue weighted by Crippen LogP contribution is -2.53. The van der Waals surface area contributed by atoms with Gasteiger partial charge in [-0.2, -0.15) is 0 Å². The molecule has 0 aromatic carbocycles. The summed E-state index contributed by atoms with van der Waals surface area (Å²) in [5.41, 5.74) is 0.270. The third-order valence-electron chi connectivity index (χ3n) is 3.71. The molecule has 1 N–H and O–H groups in total. The van der Waals surface area contributed by atoms with Crippen LogP contribution in [0.25, 0.3) is 15.9 Å². The average molecular weight is 321 g/mol. The molecule has 0 unspecified atom stereocenters. The number of hydrogen-bond donors (Lipinski definition) is 1. The Morgan fingerprint density at radius 3 is 3.43 bits per heavy atom. The summed E-state index contributed by atoms with van der Waals surface area (Å²) in [5.74, 6) is -2.99. The van der Waals surface area contributed by atoms with Crippen molar-refractivity contribution in [3.8, 4) is 0 Å². The number of H-pyrrole nitrogens is 1. The molecule has 23 heavy (non-hydrogen) atoms. The van der Waals surface area contributed by atoms with Crippen molar-refractivity contribution in [3.63, 3.8) is 0 Å². The molecule has 3 heterocycles. The number of anilines is 1. The number of likely N-dealkylation sites (N-methyl/N-ethyl adjacent to an activating group) is 1. The Kier molecular flexibility index (Phi) is 2.11. The third kappa shape index (κ3) is 2.84. The standard InChI is InChI=1S/C16H20N6O/c1-11-5-7-22(14(23)8-17-2)9-13(11)21(3)16-12-4-6-18-15(12)19-10-20-16/h4,6,10-11,13H,5,7-9H2,1,3H3,(H,18,19,20)/t11-,13+/m1/s1/i1D3,3D3,8D2,13D. The van der Waals surface area contributed by atoms with Crippen LogP contribution >= 0.6 is 0 Å². The Labute approximate surface area is 147 Å². The SMILES string of the molecule is [2H]C([2H])([N+]#[C-])C(=O)N1CC[C@@H](C([2H])([2H])[2H])[C@@]([2H])(N(c2ncnc3[nH]ccc23)C([2H])([2H])[2H])C1. The van der Waals surface area contributed by atoms with Crippen LogP contribution in [-0.4, -0.2) is 58.3 Å². The third-order valence-corrected chi connectivity index (χ3v) is 3.71. The summed E-state index contributed by atoms with van der Waals surface area (Å²) in [5, 5.41) is 0.236. The van der Waals surface area contributed by atoms with E-state index in [2.05, 4.69) is 19.8 Å². The van der Waals surface area contributed by atoms with Crippen molar-refractivity contribution in [1.29, 1.82) is 0 Å². The minimum Gasteiger partial charge on any atom is -0.354 e. The summed E-state index contributed by atoms with van der Waals surface area (Å²) >= 11 is 0. The zero-order chi connectivity index (χ0) is 24.1. The van der Waals surface area contributed by atoms with Crippen molar-refractivity contribution < 1.29 is 17.1 Å². The molecular formula is C16H20N6O. The van der Waals surface area contributed by atoms with E-state index in [0.29, 0.717) is 4.90 Å². The number of fused-ring (bicyclic) bond motifs is 1. The van der Waals surface area contributed by atoms with Gasteiger partial charge in [0.15, 0.2) is 0 Å². The van der Waals surface area contributed by atoms with E-state index >= 15 is 0 Å². The van der Waals surface area contributed by atoms with Gasteiger partial charge in [0, 0.05) is 34.5 Å². The zero-order valence-corrected chi connectivity index (χ0v) is 12.1. The van der Waals surface area contributed by atoms with Crippen molar-refractivity contribution in [2.75, 3.05) is 31.5 Å². The summed E-state index contributed by atoms with van der Waals surface area (Å²) in [7, 11) is 0. The smallest absolute Gasteiger partial charge is 0.302 e. The Morgan fingerprint density at radius 1 is 1.74 bits per heavy atom. The van der Waals surface area contributed by atoms with Gasteiger partial charge in [0.1, 0.15) is 20.5 Å². The highest BCUT2D eigenvalue weighted by molar-refractivity contribution is 5.87. The lowest BCUT2D eigenvalue weighted by atomic mass is 9.92. The van der Waals surface area contributed by atoms with Crippen molar-refractivity contribution >= 4 is 22.8 Å². The predicted molar refractivity (Wildman–Crippen MR) is 87.9 cm³/mol. The van der Waals surface area contributed by atoms with Gasteiger partial charge < -0.3 is 19.6 Å². The summed E-state index contributed by atoms with van der Waals surface area (Å²) < 4.78 is 72.5. The molecule has 7 nitrogen and oxygen atoms in total. The van der Waals surface area contributed by atoms with Gasteiger partial charge >= 0.3 is 5.91 Å². The summed E-state index contributed by atoms with van der Waals surface area (Å²) in [6, 6.07) is -0.957.